The molecule has 0 bridgehead atoms. The number of H-pyrrole nitrogens is 1. The normalized spacial score (nSPS) is 12.4. The number of benzene rings is 2. The molecule has 3 rings (SSSR count). The Labute approximate surface area is 203 Å². The summed E-state index contributed by atoms with van der Waals surface area (Å²) in [6.45, 7) is 3.65. The van der Waals surface area contributed by atoms with Crippen LogP contribution in [0.5, 0.6) is 0 Å². The Morgan fingerprint density at radius 1 is 0.971 bits per heavy atom. The van der Waals surface area contributed by atoms with Gasteiger partial charge in [-0.25, -0.2) is 9.59 Å². The number of hydrogen-bond donors (Lipinski definition) is 3. The van der Waals surface area contributed by atoms with E-state index in [9.17, 15) is 19.5 Å². The first kappa shape index (κ1) is 25.6. The first-order chi connectivity index (χ1) is 16.9. The van der Waals surface area contributed by atoms with Crippen molar-refractivity contribution in [3.8, 4) is 11.1 Å². The van der Waals surface area contributed by atoms with Crippen molar-refractivity contribution >= 4 is 17.8 Å². The van der Waals surface area contributed by atoms with E-state index in [-0.39, 0.29) is 31.0 Å². The highest BCUT2D eigenvalue weighted by atomic mass is 16.5. The third-order valence-corrected chi connectivity index (χ3v) is 5.25. The number of aromatic amines is 1. The van der Waals surface area contributed by atoms with Crippen LogP contribution in [-0.4, -0.2) is 58.5 Å². The lowest BCUT2D eigenvalue weighted by atomic mass is 9.97. The molecule has 9 nitrogen and oxygen atoms in total. The second-order valence-corrected chi connectivity index (χ2v) is 7.83. The highest BCUT2D eigenvalue weighted by molar-refractivity contribution is 5.96. The number of ether oxygens (including phenoxy) is 2. The van der Waals surface area contributed by atoms with Crippen molar-refractivity contribution in [3.63, 3.8) is 0 Å². The Bertz CT molecular complexity index is 1130. The summed E-state index contributed by atoms with van der Waals surface area (Å²) in [7, 11) is 0. The molecule has 0 spiro atoms. The van der Waals surface area contributed by atoms with Crippen molar-refractivity contribution in [2.75, 3.05) is 13.2 Å². The molecule has 3 N–H and O–H groups in total. The van der Waals surface area contributed by atoms with Gasteiger partial charge >= 0.3 is 11.9 Å². The average Bonchev–Trinajstić information content (AvgIpc) is 3.36. The number of hydrogen-bond acceptors (Lipinski definition) is 7. The second-order valence-electron chi connectivity index (χ2n) is 7.83. The predicted octanol–water partition coefficient (Wildman–Crippen LogP) is 2.91. The Balaban J connectivity index is 1.74. The minimum absolute atomic E-state index is 0.0110. The van der Waals surface area contributed by atoms with Crippen LogP contribution in [0.15, 0.2) is 60.7 Å². The molecule has 0 aliphatic heterocycles. The topological polar surface area (TPSA) is 131 Å². The van der Waals surface area contributed by atoms with Crippen LogP contribution in [-0.2, 0) is 20.7 Å². The van der Waals surface area contributed by atoms with E-state index in [0.717, 1.165) is 16.7 Å². The highest BCUT2D eigenvalue weighted by Crippen LogP contribution is 2.20. The van der Waals surface area contributed by atoms with Crippen LogP contribution in [0.4, 0.5) is 0 Å². The quantitative estimate of drug-likeness (QED) is 0.361. The summed E-state index contributed by atoms with van der Waals surface area (Å²) in [5.41, 5.74) is 3.07. The van der Waals surface area contributed by atoms with Crippen molar-refractivity contribution < 1.29 is 29.0 Å². The van der Waals surface area contributed by atoms with E-state index in [4.69, 9.17) is 9.47 Å². The summed E-state index contributed by atoms with van der Waals surface area (Å²) in [5, 5.41) is 19.5. The fourth-order valence-electron chi connectivity index (χ4n) is 3.56. The number of rotatable bonds is 11. The Kier molecular flexibility index (Phi) is 9.14. The number of carbonyl (C=O) groups excluding carboxylic acids is 3. The predicted molar refractivity (Wildman–Crippen MR) is 129 cm³/mol. The van der Waals surface area contributed by atoms with Crippen LogP contribution >= 0.6 is 0 Å². The van der Waals surface area contributed by atoms with Gasteiger partial charge in [-0.1, -0.05) is 54.6 Å². The van der Waals surface area contributed by atoms with Gasteiger partial charge < -0.3 is 19.9 Å². The van der Waals surface area contributed by atoms with Crippen molar-refractivity contribution in [1.82, 2.24) is 15.5 Å². The standard InChI is InChI=1S/C26H29N3O6/c1-3-34-25(32)22-16-21(28-29-22)24(31)27-20(15-23(30)26(33)35-4-2)14-17-10-12-19(13-11-17)18-8-6-5-7-9-18/h5-13,16,20,23,30H,3-4,14-15H2,1-2H3,(H,27,31)(H,28,29)/t20-,23?/m1/s1. The monoisotopic (exact) mass is 479 g/mol. The summed E-state index contributed by atoms with van der Waals surface area (Å²) in [5.74, 6) is -1.93. The summed E-state index contributed by atoms with van der Waals surface area (Å²) in [6, 6.07) is 18.4. The molecule has 2 aromatic carbocycles. The van der Waals surface area contributed by atoms with E-state index < -0.39 is 30.0 Å². The molecule has 2 atom stereocenters. The number of amides is 1. The maximum absolute atomic E-state index is 12.8. The lowest BCUT2D eigenvalue weighted by molar-refractivity contribution is -0.153. The average molecular weight is 480 g/mol. The number of aliphatic hydroxyl groups excluding tert-OH is 1. The van der Waals surface area contributed by atoms with Crippen molar-refractivity contribution in [1.29, 1.82) is 0 Å². The third kappa shape index (κ3) is 7.25. The number of nitrogens with one attached hydrogen (secondary N) is 2. The molecule has 0 fully saturated rings. The first-order valence-corrected chi connectivity index (χ1v) is 11.4. The zero-order chi connectivity index (χ0) is 25.2. The van der Waals surface area contributed by atoms with Crippen LogP contribution < -0.4 is 5.32 Å². The summed E-state index contributed by atoms with van der Waals surface area (Å²) >= 11 is 0. The van der Waals surface area contributed by atoms with Gasteiger partial charge in [0.1, 0.15) is 5.69 Å². The molecule has 0 radical (unpaired) electrons. The van der Waals surface area contributed by atoms with Crippen LogP contribution in [0.2, 0.25) is 0 Å². The van der Waals surface area contributed by atoms with Crippen molar-refractivity contribution in [2.45, 2.75) is 38.8 Å². The van der Waals surface area contributed by atoms with Crippen molar-refractivity contribution in [2.24, 2.45) is 0 Å². The SMILES string of the molecule is CCOC(=O)c1cc(C(=O)N[C@H](Cc2ccc(-c3ccccc3)cc2)CC(O)C(=O)OCC)n[nH]1. The molecule has 1 heterocycles. The number of aliphatic hydroxyl groups is 1. The van der Waals surface area contributed by atoms with Crippen LogP contribution in [0, 0.1) is 0 Å². The van der Waals surface area contributed by atoms with E-state index in [1.807, 2.05) is 54.6 Å². The van der Waals surface area contributed by atoms with E-state index >= 15 is 0 Å². The molecular weight excluding hydrogens is 450 g/mol. The fourth-order valence-corrected chi connectivity index (χ4v) is 3.56. The van der Waals surface area contributed by atoms with Crippen LogP contribution in [0.3, 0.4) is 0 Å². The first-order valence-electron chi connectivity index (χ1n) is 11.4. The molecule has 184 valence electrons. The molecule has 3 aromatic rings. The van der Waals surface area contributed by atoms with Gasteiger partial charge in [0, 0.05) is 18.5 Å². The maximum atomic E-state index is 12.8. The smallest absolute Gasteiger partial charge is 0.356 e. The van der Waals surface area contributed by atoms with Gasteiger partial charge in [-0.15, -0.1) is 0 Å². The van der Waals surface area contributed by atoms with E-state index in [1.54, 1.807) is 13.8 Å². The lowest BCUT2D eigenvalue weighted by Gasteiger charge is -2.21. The highest BCUT2D eigenvalue weighted by Gasteiger charge is 2.25. The maximum Gasteiger partial charge on any atom is 0.356 e. The van der Waals surface area contributed by atoms with Gasteiger partial charge in [-0.2, -0.15) is 5.10 Å². The van der Waals surface area contributed by atoms with Crippen LogP contribution in [0.25, 0.3) is 11.1 Å². The van der Waals surface area contributed by atoms with Crippen LogP contribution in [0.1, 0.15) is 46.8 Å². The summed E-state index contributed by atoms with van der Waals surface area (Å²) < 4.78 is 9.79. The molecule has 0 aliphatic carbocycles. The second kappa shape index (κ2) is 12.5. The summed E-state index contributed by atoms with van der Waals surface area (Å²) in [6.07, 6.45) is -1.11. The third-order valence-electron chi connectivity index (χ3n) is 5.25. The molecule has 35 heavy (non-hydrogen) atoms. The zero-order valence-electron chi connectivity index (χ0n) is 19.7. The zero-order valence-corrected chi connectivity index (χ0v) is 19.7. The van der Waals surface area contributed by atoms with E-state index in [0.29, 0.717) is 6.42 Å². The molecule has 1 unspecified atom stereocenters. The van der Waals surface area contributed by atoms with E-state index in [2.05, 4.69) is 15.5 Å². The van der Waals surface area contributed by atoms with Gasteiger partial charge in [0.05, 0.1) is 13.2 Å². The Morgan fingerprint density at radius 2 is 1.63 bits per heavy atom. The van der Waals surface area contributed by atoms with Gasteiger partial charge in [-0.05, 0) is 37.0 Å². The van der Waals surface area contributed by atoms with Gasteiger partial charge in [0.15, 0.2) is 11.8 Å². The number of nitrogens with zero attached hydrogens (tertiary/aromatic N) is 1. The molecule has 0 aliphatic rings. The largest absolute Gasteiger partial charge is 0.464 e. The fraction of sp³-hybridized carbons (Fsp3) is 0.308. The number of esters is 2. The number of aromatic nitrogens is 2. The minimum Gasteiger partial charge on any atom is -0.464 e. The molecule has 1 aromatic heterocycles. The minimum atomic E-state index is -1.40. The molecule has 1 amide bonds. The van der Waals surface area contributed by atoms with Crippen molar-refractivity contribution in [3.05, 3.63) is 77.6 Å². The molecule has 0 saturated carbocycles. The molecule has 0 saturated heterocycles. The lowest BCUT2D eigenvalue weighted by Crippen LogP contribution is -2.41. The summed E-state index contributed by atoms with van der Waals surface area (Å²) in [4.78, 5) is 36.6. The van der Waals surface area contributed by atoms with Gasteiger partial charge in [-0.3, -0.25) is 9.89 Å². The Morgan fingerprint density at radius 3 is 2.29 bits per heavy atom. The molecule has 9 heteroatoms. The van der Waals surface area contributed by atoms with E-state index in [1.165, 1.54) is 6.07 Å². The molecular formula is C26H29N3O6. The number of carbonyl (C=O) groups is 3. The Hall–Kier alpha value is -3.98. The van der Waals surface area contributed by atoms with Gasteiger partial charge in [0.25, 0.3) is 5.91 Å². The van der Waals surface area contributed by atoms with Gasteiger partial charge in [0.2, 0.25) is 0 Å².